The number of anilines is 1. The fourth-order valence-electron chi connectivity index (χ4n) is 2.84. The lowest BCUT2D eigenvalue weighted by Gasteiger charge is -2.24. The monoisotopic (exact) mass is 304 g/mol. The molecule has 5 heteroatoms. The van der Waals surface area contributed by atoms with E-state index in [0.29, 0.717) is 0 Å². The van der Waals surface area contributed by atoms with Crippen LogP contribution in [-0.4, -0.2) is 14.2 Å². The van der Waals surface area contributed by atoms with Crippen molar-refractivity contribution in [1.82, 2.24) is 0 Å². The van der Waals surface area contributed by atoms with E-state index in [1.165, 1.54) is 0 Å². The number of benzene rings is 1. The van der Waals surface area contributed by atoms with E-state index in [1.807, 2.05) is 50.1 Å². The van der Waals surface area contributed by atoms with E-state index in [2.05, 4.69) is 0 Å². The van der Waals surface area contributed by atoms with Gasteiger partial charge in [-0.2, -0.15) is 15.8 Å². The summed E-state index contributed by atoms with van der Waals surface area (Å²) in [4.78, 5) is 1.97. The predicted octanol–water partition coefficient (Wildman–Crippen LogP) is 3.17. The third-order valence-electron chi connectivity index (χ3n) is 4.13. The van der Waals surface area contributed by atoms with Crippen molar-refractivity contribution >= 4 is 5.69 Å². The number of likely N-dealkylation sites (N-methyl/N-ethyl adjacent to an activating group) is 1. The molecule has 23 heavy (non-hydrogen) atoms. The van der Waals surface area contributed by atoms with Crippen molar-refractivity contribution < 1.29 is 4.74 Å². The molecule has 0 spiro atoms. The van der Waals surface area contributed by atoms with E-state index in [-0.39, 0.29) is 16.6 Å². The molecule has 1 aromatic rings. The molecule has 1 aliphatic heterocycles. The van der Waals surface area contributed by atoms with Gasteiger partial charge < -0.3 is 9.64 Å². The molecule has 0 atom stereocenters. The highest BCUT2D eigenvalue weighted by molar-refractivity contribution is 5.72. The summed E-state index contributed by atoms with van der Waals surface area (Å²) in [6, 6.07) is 11.3. The molecule has 1 aromatic carbocycles. The summed E-state index contributed by atoms with van der Waals surface area (Å²) in [5.41, 5.74) is 2.44. The SMILES string of the molecule is COc1ccc2c(c1)C(C)(C)/C(=C/C(C#N)=C(C#N)C#N)N2C. The van der Waals surface area contributed by atoms with Crippen molar-refractivity contribution in [1.29, 1.82) is 15.8 Å². The molecule has 0 radical (unpaired) electrons. The number of hydrogen-bond donors (Lipinski definition) is 0. The maximum Gasteiger partial charge on any atom is 0.147 e. The first kappa shape index (κ1) is 16.1. The molecule has 0 fully saturated rings. The van der Waals surface area contributed by atoms with Gasteiger partial charge in [-0.1, -0.05) is 13.8 Å². The zero-order chi connectivity index (χ0) is 17.2. The highest BCUT2D eigenvalue weighted by Crippen LogP contribution is 2.48. The van der Waals surface area contributed by atoms with Gasteiger partial charge in [0.25, 0.3) is 0 Å². The molecule has 114 valence electrons. The highest BCUT2D eigenvalue weighted by Gasteiger charge is 2.39. The molecule has 0 saturated heterocycles. The van der Waals surface area contributed by atoms with Gasteiger partial charge in [0, 0.05) is 23.8 Å². The standard InChI is InChI=1S/C18H16N4O/c1-18(2)15-8-14(23-4)5-6-16(15)22(3)17(18)7-12(9-19)13(10-20)11-21/h5-8H,1-4H3/b17-7-. The second-order valence-corrected chi connectivity index (χ2v) is 5.72. The Morgan fingerprint density at radius 3 is 2.35 bits per heavy atom. The van der Waals surface area contributed by atoms with Crippen LogP contribution in [0.25, 0.3) is 0 Å². The van der Waals surface area contributed by atoms with Crippen LogP contribution >= 0.6 is 0 Å². The van der Waals surface area contributed by atoms with Crippen molar-refractivity contribution in [2.75, 3.05) is 19.1 Å². The Balaban J connectivity index is 2.66. The van der Waals surface area contributed by atoms with Crippen molar-refractivity contribution in [3.05, 3.63) is 46.7 Å². The van der Waals surface area contributed by atoms with E-state index < -0.39 is 0 Å². The number of rotatable bonds is 2. The minimum absolute atomic E-state index is 0.0738. The second-order valence-electron chi connectivity index (χ2n) is 5.72. The van der Waals surface area contributed by atoms with Crippen LogP contribution in [-0.2, 0) is 5.41 Å². The lowest BCUT2D eigenvalue weighted by atomic mass is 9.83. The summed E-state index contributed by atoms with van der Waals surface area (Å²) >= 11 is 0. The zero-order valence-electron chi connectivity index (χ0n) is 13.5. The largest absolute Gasteiger partial charge is 0.497 e. The average molecular weight is 304 g/mol. The zero-order valence-corrected chi connectivity index (χ0v) is 13.5. The predicted molar refractivity (Wildman–Crippen MR) is 86.4 cm³/mol. The normalized spacial score (nSPS) is 16.0. The molecule has 0 N–H and O–H groups in total. The van der Waals surface area contributed by atoms with E-state index in [4.69, 9.17) is 15.3 Å². The fraction of sp³-hybridized carbons (Fsp3) is 0.278. The van der Waals surface area contributed by atoms with Gasteiger partial charge in [-0.3, -0.25) is 0 Å². The molecule has 0 bridgehead atoms. The van der Waals surface area contributed by atoms with Crippen LogP contribution < -0.4 is 9.64 Å². The van der Waals surface area contributed by atoms with Gasteiger partial charge >= 0.3 is 0 Å². The third kappa shape index (κ3) is 2.52. The quantitative estimate of drug-likeness (QED) is 0.783. The first-order chi connectivity index (χ1) is 10.9. The Morgan fingerprint density at radius 2 is 1.83 bits per heavy atom. The van der Waals surface area contributed by atoms with Crippen molar-refractivity contribution in [3.8, 4) is 24.0 Å². The van der Waals surface area contributed by atoms with Crippen LogP contribution in [0.1, 0.15) is 19.4 Å². The summed E-state index contributed by atoms with van der Waals surface area (Å²) in [5.74, 6) is 0.761. The second kappa shape index (κ2) is 5.87. The molecule has 2 rings (SSSR count). The summed E-state index contributed by atoms with van der Waals surface area (Å²) in [6.07, 6.45) is 1.62. The molecule has 1 heterocycles. The minimum atomic E-state index is -0.378. The van der Waals surface area contributed by atoms with Gasteiger partial charge in [0.05, 0.1) is 12.7 Å². The van der Waals surface area contributed by atoms with Gasteiger partial charge in [-0.25, -0.2) is 0 Å². The Bertz CT molecular complexity index is 825. The molecule has 5 nitrogen and oxygen atoms in total. The van der Waals surface area contributed by atoms with E-state index >= 15 is 0 Å². The van der Waals surface area contributed by atoms with Crippen LogP contribution in [0.4, 0.5) is 5.69 Å². The lowest BCUT2D eigenvalue weighted by molar-refractivity contribution is 0.413. The Hall–Kier alpha value is -3.23. The number of nitrogens with zero attached hydrogens (tertiary/aromatic N) is 4. The van der Waals surface area contributed by atoms with Gasteiger partial charge in [0.15, 0.2) is 0 Å². The number of methoxy groups -OCH3 is 1. The maximum absolute atomic E-state index is 9.28. The van der Waals surface area contributed by atoms with E-state index in [1.54, 1.807) is 25.3 Å². The van der Waals surface area contributed by atoms with Crippen LogP contribution in [0.2, 0.25) is 0 Å². The topological polar surface area (TPSA) is 83.8 Å². The van der Waals surface area contributed by atoms with Crippen molar-refractivity contribution in [2.24, 2.45) is 0 Å². The molecule has 0 aliphatic carbocycles. The van der Waals surface area contributed by atoms with E-state index in [0.717, 1.165) is 22.7 Å². The van der Waals surface area contributed by atoms with Gasteiger partial charge in [-0.05, 0) is 29.8 Å². The summed E-state index contributed by atoms with van der Waals surface area (Å²) in [5, 5.41) is 27.3. The molecule has 0 amide bonds. The van der Waals surface area contributed by atoms with Gasteiger partial charge in [0.2, 0.25) is 0 Å². The third-order valence-corrected chi connectivity index (χ3v) is 4.13. The van der Waals surface area contributed by atoms with Crippen LogP contribution in [0.3, 0.4) is 0 Å². The molecular formula is C18H16N4O. The highest BCUT2D eigenvalue weighted by atomic mass is 16.5. The number of fused-ring (bicyclic) bond motifs is 1. The molecule has 0 unspecified atom stereocenters. The molecule has 0 saturated carbocycles. The maximum atomic E-state index is 9.28. The fourth-order valence-corrected chi connectivity index (χ4v) is 2.84. The summed E-state index contributed by atoms with van der Waals surface area (Å²) < 4.78 is 5.29. The van der Waals surface area contributed by atoms with Crippen molar-refractivity contribution in [3.63, 3.8) is 0 Å². The smallest absolute Gasteiger partial charge is 0.147 e. The summed E-state index contributed by atoms with van der Waals surface area (Å²) in [7, 11) is 3.52. The molecular weight excluding hydrogens is 288 g/mol. The first-order valence-corrected chi connectivity index (χ1v) is 6.99. The number of hydrogen-bond acceptors (Lipinski definition) is 5. The molecule has 1 aliphatic rings. The number of ether oxygens (including phenoxy) is 1. The lowest BCUT2D eigenvalue weighted by Crippen LogP contribution is -2.23. The number of nitriles is 3. The first-order valence-electron chi connectivity index (χ1n) is 6.99. The Labute approximate surface area is 135 Å². The van der Waals surface area contributed by atoms with Crippen molar-refractivity contribution in [2.45, 2.75) is 19.3 Å². The summed E-state index contributed by atoms with van der Waals surface area (Å²) in [6.45, 7) is 4.07. The van der Waals surface area contributed by atoms with Crippen LogP contribution in [0.5, 0.6) is 5.75 Å². The van der Waals surface area contributed by atoms with E-state index in [9.17, 15) is 5.26 Å². The Morgan fingerprint density at radius 1 is 1.17 bits per heavy atom. The molecule has 0 aromatic heterocycles. The number of allylic oxidation sites excluding steroid dienone is 4. The van der Waals surface area contributed by atoms with Gasteiger partial charge in [-0.15, -0.1) is 0 Å². The minimum Gasteiger partial charge on any atom is -0.497 e. The van der Waals surface area contributed by atoms with Crippen LogP contribution in [0.15, 0.2) is 41.1 Å². The Kier molecular flexibility index (Phi) is 4.12. The van der Waals surface area contributed by atoms with Gasteiger partial charge in [0.1, 0.15) is 29.5 Å². The average Bonchev–Trinajstić information content (AvgIpc) is 2.74. The van der Waals surface area contributed by atoms with Crippen LogP contribution in [0, 0.1) is 34.0 Å².